The fourth-order valence-corrected chi connectivity index (χ4v) is 1.87. The van der Waals surface area contributed by atoms with Crippen LogP contribution >= 0.6 is 0 Å². The molecule has 5 heteroatoms. The van der Waals surface area contributed by atoms with E-state index in [9.17, 15) is 0 Å². The number of aryl methyl sites for hydroxylation is 2. The van der Waals surface area contributed by atoms with Crippen LogP contribution in [0.4, 0.5) is 5.69 Å². The first-order valence-corrected chi connectivity index (χ1v) is 6.24. The van der Waals surface area contributed by atoms with Gasteiger partial charge in [-0.05, 0) is 31.5 Å². The van der Waals surface area contributed by atoms with Crippen LogP contribution in [0.5, 0.6) is 11.6 Å². The lowest BCUT2D eigenvalue weighted by molar-refractivity contribution is 0.184. The quantitative estimate of drug-likeness (QED) is 0.899. The highest BCUT2D eigenvalue weighted by molar-refractivity contribution is 5.54. The van der Waals surface area contributed by atoms with E-state index in [0.717, 1.165) is 17.0 Å². The summed E-state index contributed by atoms with van der Waals surface area (Å²) >= 11 is 0. The van der Waals surface area contributed by atoms with Crippen molar-refractivity contribution in [1.82, 2.24) is 9.78 Å². The molecule has 0 atom stereocenters. The molecule has 102 valence electrons. The lowest BCUT2D eigenvalue weighted by atomic mass is 10.2. The summed E-state index contributed by atoms with van der Waals surface area (Å²) in [6.07, 6.45) is 0. The average molecular weight is 261 g/mol. The zero-order chi connectivity index (χ0) is 13.8. The van der Waals surface area contributed by atoms with Gasteiger partial charge in [0.05, 0.1) is 12.3 Å². The molecule has 1 aromatic carbocycles. The minimum absolute atomic E-state index is 0.554. The van der Waals surface area contributed by atoms with Crippen LogP contribution in [0.2, 0.25) is 0 Å². The van der Waals surface area contributed by atoms with Crippen molar-refractivity contribution in [2.24, 2.45) is 0 Å². The van der Waals surface area contributed by atoms with E-state index in [0.29, 0.717) is 24.7 Å². The molecule has 0 aliphatic heterocycles. The van der Waals surface area contributed by atoms with Gasteiger partial charge in [-0.15, -0.1) is 0 Å². The number of ether oxygens (including phenoxy) is 2. The number of rotatable bonds is 5. The lowest BCUT2D eigenvalue weighted by Crippen LogP contribution is -2.01. The van der Waals surface area contributed by atoms with E-state index in [1.54, 1.807) is 11.8 Å². The van der Waals surface area contributed by atoms with Crippen molar-refractivity contribution < 1.29 is 9.47 Å². The van der Waals surface area contributed by atoms with E-state index in [1.165, 1.54) is 0 Å². The van der Waals surface area contributed by atoms with Crippen LogP contribution in [-0.4, -0.2) is 16.9 Å². The third-order valence-electron chi connectivity index (χ3n) is 2.85. The summed E-state index contributed by atoms with van der Waals surface area (Å²) in [6, 6.07) is 7.74. The highest BCUT2D eigenvalue weighted by Crippen LogP contribution is 2.30. The number of nitrogen functional groups attached to an aromatic ring is 1. The van der Waals surface area contributed by atoms with Crippen LogP contribution < -0.4 is 10.5 Å². The number of methoxy groups -OCH3 is 1. The molecule has 2 N–H and O–H groups in total. The maximum absolute atomic E-state index is 5.99. The second-order valence-corrected chi connectivity index (χ2v) is 4.30. The number of aromatic nitrogens is 2. The molecule has 19 heavy (non-hydrogen) atoms. The molecule has 0 amide bonds. The minimum Gasteiger partial charge on any atom is -0.437 e. The van der Waals surface area contributed by atoms with Crippen molar-refractivity contribution in [3.8, 4) is 11.6 Å². The van der Waals surface area contributed by atoms with Crippen molar-refractivity contribution in [1.29, 1.82) is 0 Å². The predicted octanol–water partition coefficient (Wildman–Crippen LogP) is 2.73. The molecule has 1 aromatic heterocycles. The van der Waals surface area contributed by atoms with E-state index in [4.69, 9.17) is 15.2 Å². The van der Waals surface area contributed by atoms with Gasteiger partial charge in [0.2, 0.25) is 5.88 Å². The van der Waals surface area contributed by atoms with Crippen molar-refractivity contribution in [3.63, 3.8) is 0 Å². The van der Waals surface area contributed by atoms with Gasteiger partial charge in [0.15, 0.2) is 0 Å². The molecular weight excluding hydrogens is 242 g/mol. The molecule has 0 spiro atoms. The first kappa shape index (κ1) is 13.4. The highest BCUT2D eigenvalue weighted by Gasteiger charge is 2.13. The summed E-state index contributed by atoms with van der Waals surface area (Å²) in [6.45, 7) is 5.14. The van der Waals surface area contributed by atoms with E-state index < -0.39 is 0 Å². The molecule has 0 saturated heterocycles. The Morgan fingerprint density at radius 2 is 2.16 bits per heavy atom. The smallest absolute Gasteiger partial charge is 0.241 e. The minimum atomic E-state index is 0.554. The van der Waals surface area contributed by atoms with Gasteiger partial charge in [0.25, 0.3) is 0 Å². The molecule has 1 heterocycles. The van der Waals surface area contributed by atoms with Gasteiger partial charge in [0, 0.05) is 13.7 Å². The van der Waals surface area contributed by atoms with Gasteiger partial charge in [0.1, 0.15) is 11.4 Å². The summed E-state index contributed by atoms with van der Waals surface area (Å²) in [4.78, 5) is 0. The van der Waals surface area contributed by atoms with Gasteiger partial charge in [-0.3, -0.25) is 0 Å². The molecular formula is C14H19N3O2. The number of nitrogens with zero attached hydrogens (tertiary/aromatic N) is 2. The van der Waals surface area contributed by atoms with E-state index >= 15 is 0 Å². The van der Waals surface area contributed by atoms with Crippen molar-refractivity contribution in [2.45, 2.75) is 27.0 Å². The number of hydrogen-bond donors (Lipinski definition) is 1. The van der Waals surface area contributed by atoms with Crippen LogP contribution in [0.3, 0.4) is 0 Å². The lowest BCUT2D eigenvalue weighted by Gasteiger charge is -2.09. The van der Waals surface area contributed by atoms with Gasteiger partial charge >= 0.3 is 0 Å². The Balaban J connectivity index is 2.28. The summed E-state index contributed by atoms with van der Waals surface area (Å²) in [5.41, 5.74) is 8.41. The Bertz CT molecular complexity index is 564. The molecule has 0 aliphatic rings. The summed E-state index contributed by atoms with van der Waals surface area (Å²) < 4.78 is 12.7. The average Bonchev–Trinajstić information content (AvgIpc) is 2.67. The third-order valence-corrected chi connectivity index (χ3v) is 2.85. The summed E-state index contributed by atoms with van der Waals surface area (Å²) in [5, 5.41) is 4.33. The first-order chi connectivity index (χ1) is 9.15. The molecule has 5 nitrogen and oxygen atoms in total. The van der Waals surface area contributed by atoms with Crippen LogP contribution in [0.15, 0.2) is 24.3 Å². The van der Waals surface area contributed by atoms with Crippen LogP contribution in [0, 0.1) is 6.92 Å². The Hall–Kier alpha value is -2.01. The normalized spacial score (nSPS) is 10.7. The van der Waals surface area contributed by atoms with Crippen molar-refractivity contribution in [2.75, 3.05) is 12.8 Å². The van der Waals surface area contributed by atoms with E-state index in [1.807, 2.05) is 38.1 Å². The Morgan fingerprint density at radius 1 is 1.37 bits per heavy atom. The van der Waals surface area contributed by atoms with Gasteiger partial charge in [-0.2, -0.15) is 5.10 Å². The SMILES string of the molecule is CCn1nc(C)c(N)c1Oc1cccc(COC)c1. The Labute approximate surface area is 112 Å². The standard InChI is InChI=1S/C14H19N3O2/c1-4-17-14(13(15)10(2)16-17)19-12-7-5-6-11(8-12)9-18-3/h5-8H,4,9,15H2,1-3H3. The highest BCUT2D eigenvalue weighted by atomic mass is 16.5. The van der Waals surface area contributed by atoms with Gasteiger partial charge in [-0.25, -0.2) is 4.68 Å². The molecule has 2 aromatic rings. The largest absolute Gasteiger partial charge is 0.437 e. The van der Waals surface area contributed by atoms with Gasteiger partial charge in [-0.1, -0.05) is 12.1 Å². The van der Waals surface area contributed by atoms with Crippen LogP contribution in [0.1, 0.15) is 18.2 Å². The molecule has 0 fully saturated rings. The molecule has 0 saturated carbocycles. The molecule has 0 radical (unpaired) electrons. The Morgan fingerprint density at radius 3 is 2.84 bits per heavy atom. The second-order valence-electron chi connectivity index (χ2n) is 4.30. The summed E-state index contributed by atoms with van der Waals surface area (Å²) in [5.74, 6) is 1.32. The molecule has 0 bridgehead atoms. The Kier molecular flexibility index (Phi) is 4.06. The second kappa shape index (κ2) is 5.75. The first-order valence-electron chi connectivity index (χ1n) is 6.24. The third kappa shape index (κ3) is 2.88. The maximum Gasteiger partial charge on any atom is 0.241 e. The topological polar surface area (TPSA) is 62.3 Å². The monoisotopic (exact) mass is 261 g/mol. The van der Waals surface area contributed by atoms with Crippen molar-refractivity contribution in [3.05, 3.63) is 35.5 Å². The number of benzene rings is 1. The number of nitrogens with two attached hydrogens (primary N) is 1. The fourth-order valence-electron chi connectivity index (χ4n) is 1.87. The van der Waals surface area contributed by atoms with Crippen molar-refractivity contribution >= 4 is 5.69 Å². The van der Waals surface area contributed by atoms with Crippen LogP contribution in [0.25, 0.3) is 0 Å². The summed E-state index contributed by atoms with van der Waals surface area (Å²) in [7, 11) is 1.67. The zero-order valence-corrected chi connectivity index (χ0v) is 11.5. The predicted molar refractivity (Wildman–Crippen MR) is 74.3 cm³/mol. The zero-order valence-electron chi connectivity index (χ0n) is 11.5. The molecule has 2 rings (SSSR count). The number of anilines is 1. The van der Waals surface area contributed by atoms with E-state index in [2.05, 4.69) is 5.10 Å². The number of hydrogen-bond acceptors (Lipinski definition) is 4. The molecule has 0 aliphatic carbocycles. The molecule has 0 unspecified atom stereocenters. The van der Waals surface area contributed by atoms with Crippen LogP contribution in [-0.2, 0) is 17.9 Å². The fraction of sp³-hybridized carbons (Fsp3) is 0.357. The van der Waals surface area contributed by atoms with E-state index in [-0.39, 0.29) is 0 Å². The maximum atomic E-state index is 5.99. The van der Waals surface area contributed by atoms with Gasteiger partial charge < -0.3 is 15.2 Å².